The first-order valence-corrected chi connectivity index (χ1v) is 9.41. The molecule has 4 nitrogen and oxygen atoms in total. The quantitative estimate of drug-likeness (QED) is 0.435. The van der Waals surface area contributed by atoms with Gasteiger partial charge in [0.05, 0.1) is 7.05 Å². The first kappa shape index (κ1) is 17.5. The molecule has 0 atom stereocenters. The minimum atomic E-state index is -0.308. The summed E-state index contributed by atoms with van der Waals surface area (Å²) in [6.07, 6.45) is 0. The number of benzene rings is 3. The Morgan fingerprint density at radius 2 is 1.48 bits per heavy atom. The fourth-order valence-electron chi connectivity index (χ4n) is 4.12. The van der Waals surface area contributed by atoms with Gasteiger partial charge in [-0.3, -0.25) is 9.59 Å². The van der Waals surface area contributed by atoms with Crippen molar-refractivity contribution in [3.63, 3.8) is 0 Å². The van der Waals surface area contributed by atoms with Crippen molar-refractivity contribution in [2.45, 2.75) is 13.5 Å². The summed E-state index contributed by atoms with van der Waals surface area (Å²) in [6.45, 7) is 2.26. The van der Waals surface area contributed by atoms with Crippen LogP contribution in [-0.2, 0) is 13.6 Å². The third kappa shape index (κ3) is 2.54. The molecular formula is C24H18FN2O2+. The number of hydrogen-bond donors (Lipinski definition) is 0. The van der Waals surface area contributed by atoms with Gasteiger partial charge in [-0.1, -0.05) is 36.4 Å². The molecule has 0 saturated heterocycles. The topological polar surface area (TPSA) is 43.0 Å². The van der Waals surface area contributed by atoms with Gasteiger partial charge in [-0.25, -0.2) is 13.5 Å². The highest BCUT2D eigenvalue weighted by Gasteiger charge is 2.42. The van der Waals surface area contributed by atoms with Crippen LogP contribution in [0.25, 0.3) is 10.8 Å². The number of aromatic nitrogens is 2. The van der Waals surface area contributed by atoms with E-state index in [0.29, 0.717) is 29.1 Å². The molecule has 0 radical (unpaired) electrons. The SMILES string of the molecule is Cc1n(Cc2ccc(F)cc2)c2c([n+]1C)C(=O)c1cc3ccccc3cc1C2=O. The van der Waals surface area contributed by atoms with Crippen LogP contribution in [0.5, 0.6) is 0 Å². The molecule has 0 saturated carbocycles. The number of fused-ring (bicyclic) bond motifs is 3. The second-order valence-corrected chi connectivity index (χ2v) is 7.42. The average molecular weight is 385 g/mol. The first-order valence-electron chi connectivity index (χ1n) is 9.41. The summed E-state index contributed by atoms with van der Waals surface area (Å²) in [7, 11) is 1.80. The number of nitrogens with zero attached hydrogens (tertiary/aromatic N) is 2. The van der Waals surface area contributed by atoms with Crippen molar-refractivity contribution < 1.29 is 18.5 Å². The van der Waals surface area contributed by atoms with Crippen LogP contribution >= 0.6 is 0 Å². The fraction of sp³-hybridized carbons (Fsp3) is 0.125. The molecular weight excluding hydrogens is 367 g/mol. The molecule has 0 aliphatic heterocycles. The zero-order valence-electron chi connectivity index (χ0n) is 16.1. The first-order chi connectivity index (χ1) is 14.0. The van der Waals surface area contributed by atoms with E-state index < -0.39 is 0 Å². The lowest BCUT2D eigenvalue weighted by atomic mass is 9.87. The Hall–Kier alpha value is -3.60. The Morgan fingerprint density at radius 3 is 2.10 bits per heavy atom. The lowest BCUT2D eigenvalue weighted by molar-refractivity contribution is -0.679. The van der Waals surface area contributed by atoms with Gasteiger partial charge in [0.25, 0.3) is 5.82 Å². The second-order valence-electron chi connectivity index (χ2n) is 7.42. The number of carbonyl (C=O) groups excluding carboxylic acids is 2. The van der Waals surface area contributed by atoms with Crippen molar-refractivity contribution in [3.05, 3.63) is 100 Å². The minimum Gasteiger partial charge on any atom is -0.284 e. The van der Waals surface area contributed by atoms with Crippen LogP contribution in [0.4, 0.5) is 4.39 Å². The molecule has 1 aromatic heterocycles. The number of halogens is 1. The molecule has 1 aliphatic rings. The maximum Gasteiger partial charge on any atom is 0.254 e. The molecule has 0 spiro atoms. The Kier molecular flexibility index (Phi) is 3.74. The predicted molar refractivity (Wildman–Crippen MR) is 107 cm³/mol. The Labute approximate surface area is 166 Å². The molecule has 0 unspecified atom stereocenters. The molecule has 5 rings (SSSR count). The number of imidazole rings is 1. The molecule has 142 valence electrons. The van der Waals surface area contributed by atoms with Crippen molar-refractivity contribution in [2.75, 3.05) is 0 Å². The average Bonchev–Trinajstić information content (AvgIpc) is 2.98. The number of hydrogen-bond acceptors (Lipinski definition) is 2. The molecule has 0 bridgehead atoms. The summed E-state index contributed by atoms with van der Waals surface area (Å²) in [4.78, 5) is 26.8. The van der Waals surface area contributed by atoms with E-state index in [1.807, 2.05) is 35.8 Å². The highest BCUT2D eigenvalue weighted by atomic mass is 19.1. The molecule has 0 N–H and O–H groups in total. The van der Waals surface area contributed by atoms with E-state index in [-0.39, 0.29) is 17.4 Å². The smallest absolute Gasteiger partial charge is 0.254 e. The third-order valence-electron chi connectivity index (χ3n) is 5.76. The number of ketones is 2. The van der Waals surface area contributed by atoms with Gasteiger partial charge in [-0.2, -0.15) is 0 Å². The lowest BCUT2D eigenvalue weighted by Crippen LogP contribution is -2.39. The van der Waals surface area contributed by atoms with Gasteiger partial charge in [-0.15, -0.1) is 0 Å². The highest BCUT2D eigenvalue weighted by Crippen LogP contribution is 2.30. The summed E-state index contributed by atoms with van der Waals surface area (Å²) in [5.74, 6) is 0.172. The van der Waals surface area contributed by atoms with Gasteiger partial charge in [0.15, 0.2) is 0 Å². The molecule has 3 aromatic carbocycles. The molecule has 0 fully saturated rings. The van der Waals surface area contributed by atoms with E-state index >= 15 is 0 Å². The van der Waals surface area contributed by atoms with E-state index in [4.69, 9.17) is 0 Å². The molecule has 4 aromatic rings. The van der Waals surface area contributed by atoms with Crippen LogP contribution in [0.3, 0.4) is 0 Å². The van der Waals surface area contributed by atoms with E-state index in [2.05, 4.69) is 0 Å². The molecule has 5 heteroatoms. The highest BCUT2D eigenvalue weighted by molar-refractivity contribution is 6.27. The third-order valence-corrected chi connectivity index (χ3v) is 5.76. The normalized spacial score (nSPS) is 12.9. The van der Waals surface area contributed by atoms with Gasteiger partial charge in [0, 0.05) is 18.1 Å². The molecule has 1 heterocycles. The van der Waals surface area contributed by atoms with Gasteiger partial charge in [0.2, 0.25) is 23.0 Å². The Balaban J connectivity index is 1.71. The van der Waals surface area contributed by atoms with Crippen LogP contribution < -0.4 is 4.57 Å². The summed E-state index contributed by atoms with van der Waals surface area (Å²) in [5.41, 5.74) is 2.52. The van der Waals surface area contributed by atoms with E-state index in [1.54, 1.807) is 35.9 Å². The predicted octanol–water partition coefficient (Wildman–Crippen LogP) is 3.74. The van der Waals surface area contributed by atoms with Crippen LogP contribution in [0, 0.1) is 12.7 Å². The van der Waals surface area contributed by atoms with Crippen molar-refractivity contribution >= 4 is 22.3 Å². The van der Waals surface area contributed by atoms with Gasteiger partial charge < -0.3 is 0 Å². The fourth-order valence-corrected chi connectivity index (χ4v) is 4.12. The zero-order chi connectivity index (χ0) is 20.3. The molecule has 0 amide bonds. The maximum atomic E-state index is 13.5. The van der Waals surface area contributed by atoms with Gasteiger partial charge in [0.1, 0.15) is 12.4 Å². The largest absolute Gasteiger partial charge is 0.284 e. The number of rotatable bonds is 2. The molecule has 29 heavy (non-hydrogen) atoms. The van der Waals surface area contributed by atoms with Gasteiger partial charge in [-0.05, 0) is 40.6 Å². The Morgan fingerprint density at radius 1 is 0.897 bits per heavy atom. The minimum absolute atomic E-state index is 0.149. The summed E-state index contributed by atoms with van der Waals surface area (Å²) < 4.78 is 16.9. The van der Waals surface area contributed by atoms with Crippen LogP contribution in [-0.4, -0.2) is 16.1 Å². The standard InChI is InChI=1S/C24H18FN2O2/c1-14-26(2)21-22(27(14)13-15-7-9-18(25)10-8-15)24(29)20-12-17-6-4-3-5-16(17)11-19(20)23(21)28/h3-12H,13H2,1-2H3/q+1. The van der Waals surface area contributed by atoms with Crippen LogP contribution in [0.1, 0.15) is 43.5 Å². The van der Waals surface area contributed by atoms with Crippen LogP contribution in [0.15, 0.2) is 60.7 Å². The summed E-state index contributed by atoms with van der Waals surface area (Å²) >= 11 is 0. The lowest BCUT2D eigenvalue weighted by Gasteiger charge is -2.14. The number of carbonyl (C=O) groups is 2. The zero-order valence-corrected chi connectivity index (χ0v) is 16.1. The van der Waals surface area contributed by atoms with Gasteiger partial charge >= 0.3 is 0 Å². The summed E-state index contributed by atoms with van der Waals surface area (Å²) in [5, 5.41) is 1.86. The van der Waals surface area contributed by atoms with Crippen LogP contribution in [0.2, 0.25) is 0 Å². The van der Waals surface area contributed by atoms with E-state index in [0.717, 1.165) is 22.2 Å². The Bertz CT molecular complexity index is 1330. The molecule has 1 aliphatic carbocycles. The van der Waals surface area contributed by atoms with Crippen molar-refractivity contribution in [1.29, 1.82) is 0 Å². The van der Waals surface area contributed by atoms with Crippen molar-refractivity contribution in [3.8, 4) is 0 Å². The van der Waals surface area contributed by atoms with Crippen molar-refractivity contribution in [1.82, 2.24) is 4.57 Å². The maximum absolute atomic E-state index is 13.5. The van der Waals surface area contributed by atoms with Crippen molar-refractivity contribution in [2.24, 2.45) is 7.05 Å². The van der Waals surface area contributed by atoms with E-state index in [9.17, 15) is 14.0 Å². The van der Waals surface area contributed by atoms with E-state index in [1.165, 1.54) is 12.1 Å². The summed E-state index contributed by atoms with van der Waals surface area (Å²) in [6, 6.07) is 17.5. The second kappa shape index (κ2) is 6.21. The monoisotopic (exact) mass is 385 g/mol.